The number of benzene rings is 2. The van der Waals surface area contributed by atoms with Crippen LogP contribution in [0.3, 0.4) is 0 Å². The van der Waals surface area contributed by atoms with E-state index in [1.54, 1.807) is 30.5 Å². The van der Waals surface area contributed by atoms with Crippen LogP contribution >= 0.6 is 0 Å². The van der Waals surface area contributed by atoms with Gasteiger partial charge in [-0.2, -0.15) is 13.2 Å². The summed E-state index contributed by atoms with van der Waals surface area (Å²) < 4.78 is 69.6. The van der Waals surface area contributed by atoms with Crippen molar-refractivity contribution in [3.8, 4) is 34.0 Å². The maximum absolute atomic E-state index is 14.8. The van der Waals surface area contributed by atoms with Gasteiger partial charge in [-0.15, -0.1) is 0 Å². The Morgan fingerprint density at radius 3 is 2.48 bits per heavy atom. The Morgan fingerprint density at radius 1 is 1.11 bits per heavy atom. The van der Waals surface area contributed by atoms with Gasteiger partial charge in [-0.1, -0.05) is 6.07 Å². The fourth-order valence-corrected chi connectivity index (χ4v) is 5.11. The quantitative estimate of drug-likeness (QED) is 0.225. The first-order chi connectivity index (χ1) is 21.8. The van der Waals surface area contributed by atoms with Crippen LogP contribution in [-0.4, -0.2) is 52.3 Å². The number of hydrogen-bond acceptors (Lipinski definition) is 7. The van der Waals surface area contributed by atoms with Crippen LogP contribution in [0.2, 0.25) is 0 Å². The number of primary amides is 1. The number of aromatic nitrogens is 2. The third-order valence-electron chi connectivity index (χ3n) is 8.13. The van der Waals surface area contributed by atoms with Gasteiger partial charge in [0, 0.05) is 28.5 Å². The van der Waals surface area contributed by atoms with Crippen molar-refractivity contribution in [2.45, 2.75) is 43.1 Å². The van der Waals surface area contributed by atoms with Crippen molar-refractivity contribution in [3.63, 3.8) is 0 Å². The molecule has 46 heavy (non-hydrogen) atoms. The van der Waals surface area contributed by atoms with E-state index in [1.807, 2.05) is 0 Å². The molecule has 2 aromatic heterocycles. The molecule has 4 N–H and O–H groups in total. The van der Waals surface area contributed by atoms with E-state index in [0.29, 0.717) is 17.0 Å². The van der Waals surface area contributed by atoms with E-state index in [-0.39, 0.29) is 40.8 Å². The van der Waals surface area contributed by atoms with Crippen LogP contribution in [-0.2, 0) is 15.8 Å². The first kappa shape index (κ1) is 31.0. The number of fused-ring (bicyclic) bond motifs is 1. The molecule has 0 saturated heterocycles. The normalized spacial score (nSPS) is 18.7. The zero-order valence-electron chi connectivity index (χ0n) is 24.4. The monoisotopic (exact) mass is 636 g/mol. The van der Waals surface area contributed by atoms with Crippen LogP contribution in [0.1, 0.15) is 41.4 Å². The highest BCUT2D eigenvalue weighted by Crippen LogP contribution is 2.47. The van der Waals surface area contributed by atoms with Crippen molar-refractivity contribution in [2.24, 2.45) is 5.73 Å². The van der Waals surface area contributed by atoms with Crippen LogP contribution in [0.4, 0.5) is 17.6 Å². The molecule has 2 aromatic carbocycles. The fourth-order valence-electron chi connectivity index (χ4n) is 5.11. The summed E-state index contributed by atoms with van der Waals surface area (Å²) in [6.45, 7) is -0.238. The van der Waals surface area contributed by atoms with Crippen molar-refractivity contribution in [1.29, 1.82) is 0 Å². The number of amides is 2. The molecule has 9 nitrogen and oxygen atoms in total. The standard InChI is InChI=1S/C33H28F4N4O5/c1-31(30(38)43)17-45-28-23(31)15-26(41-27(28)18-5-8-20(34)9-6-18)32(44,33(35,36)37)16-40-29(42)19-7-12-25(46-21-10-11-21)22(14-19)24-4-2-3-13-39-24/h2-9,12-15,21,44H,10-11,16-17H2,1H3,(H2,38,43)(H,40,42)/t31-,32-/m0/s1. The summed E-state index contributed by atoms with van der Waals surface area (Å²) in [7, 11) is 0. The molecule has 1 fully saturated rings. The molecule has 1 saturated carbocycles. The smallest absolute Gasteiger partial charge is 0.424 e. The number of aliphatic hydroxyl groups is 1. The number of nitrogens with zero attached hydrogens (tertiary/aromatic N) is 2. The second-order valence-corrected chi connectivity index (χ2v) is 11.5. The van der Waals surface area contributed by atoms with E-state index in [2.05, 4.69) is 15.3 Å². The number of nitrogens with one attached hydrogen (secondary N) is 1. The predicted molar refractivity (Wildman–Crippen MR) is 157 cm³/mol. The van der Waals surface area contributed by atoms with Crippen LogP contribution in [0.15, 0.2) is 72.9 Å². The highest BCUT2D eigenvalue weighted by molar-refractivity contribution is 5.96. The minimum absolute atomic E-state index is 0.00283. The molecule has 4 aromatic rings. The van der Waals surface area contributed by atoms with Gasteiger partial charge in [0.1, 0.15) is 35.0 Å². The summed E-state index contributed by atoms with van der Waals surface area (Å²) in [6.07, 6.45) is -2.00. The van der Waals surface area contributed by atoms with Gasteiger partial charge in [0.25, 0.3) is 5.91 Å². The third kappa shape index (κ3) is 5.62. The average molecular weight is 637 g/mol. The molecule has 3 heterocycles. The zero-order valence-corrected chi connectivity index (χ0v) is 24.4. The van der Waals surface area contributed by atoms with E-state index in [9.17, 15) is 32.3 Å². The number of alkyl halides is 3. The minimum atomic E-state index is -5.36. The molecule has 0 radical (unpaired) electrons. The molecular weight excluding hydrogens is 608 g/mol. The number of pyridine rings is 2. The van der Waals surface area contributed by atoms with Crippen molar-refractivity contribution < 1.29 is 41.7 Å². The Bertz CT molecular complexity index is 1820. The van der Waals surface area contributed by atoms with Crippen LogP contribution in [0.5, 0.6) is 11.5 Å². The Balaban J connectivity index is 1.38. The fraction of sp³-hybridized carbons (Fsp3) is 0.273. The summed E-state index contributed by atoms with van der Waals surface area (Å²) >= 11 is 0. The molecule has 0 unspecified atom stereocenters. The van der Waals surface area contributed by atoms with Gasteiger partial charge < -0.3 is 25.6 Å². The van der Waals surface area contributed by atoms with Crippen LogP contribution < -0.4 is 20.5 Å². The second-order valence-electron chi connectivity index (χ2n) is 11.5. The van der Waals surface area contributed by atoms with Crippen molar-refractivity contribution >= 4 is 11.8 Å². The Morgan fingerprint density at radius 2 is 1.85 bits per heavy atom. The Labute approximate surface area is 260 Å². The lowest BCUT2D eigenvalue weighted by molar-refractivity contribution is -0.265. The number of halogens is 4. The summed E-state index contributed by atoms with van der Waals surface area (Å²) in [6, 6.07) is 15.2. The van der Waals surface area contributed by atoms with E-state index >= 15 is 0 Å². The molecule has 2 aliphatic rings. The van der Waals surface area contributed by atoms with Gasteiger partial charge in [0.05, 0.1) is 24.0 Å². The zero-order chi connectivity index (χ0) is 32.9. The highest BCUT2D eigenvalue weighted by Gasteiger charge is 2.57. The SMILES string of the molecule is C[C@]1(C(N)=O)COc2c1cc([C@@](O)(CNC(=O)c1ccc(OC3CC3)c(-c3ccccn3)c1)C(F)(F)F)nc2-c1ccc(F)cc1. The predicted octanol–water partition coefficient (Wildman–Crippen LogP) is 4.81. The van der Waals surface area contributed by atoms with Crippen molar-refractivity contribution in [2.75, 3.05) is 13.2 Å². The highest BCUT2D eigenvalue weighted by atomic mass is 19.4. The summed E-state index contributed by atoms with van der Waals surface area (Å²) in [5.74, 6) is -1.95. The Hall–Kier alpha value is -5.04. The number of ether oxygens (including phenoxy) is 2. The number of hydrogen-bond donors (Lipinski definition) is 3. The molecule has 6 rings (SSSR count). The lowest BCUT2D eigenvalue weighted by Crippen LogP contribution is -2.51. The van der Waals surface area contributed by atoms with Crippen LogP contribution in [0, 0.1) is 5.82 Å². The van der Waals surface area contributed by atoms with Crippen molar-refractivity contribution in [3.05, 3.63) is 95.6 Å². The van der Waals surface area contributed by atoms with Crippen molar-refractivity contribution in [1.82, 2.24) is 15.3 Å². The molecule has 1 aliphatic carbocycles. The largest absolute Gasteiger partial charge is 0.490 e. The van der Waals surface area contributed by atoms with Gasteiger partial charge in [0.2, 0.25) is 11.5 Å². The topological polar surface area (TPSA) is 137 Å². The third-order valence-corrected chi connectivity index (χ3v) is 8.13. The summed E-state index contributed by atoms with van der Waals surface area (Å²) in [5.41, 5.74) is 0.324. The molecule has 2 amide bonds. The number of rotatable bonds is 9. The van der Waals surface area contributed by atoms with E-state index in [1.165, 1.54) is 31.2 Å². The maximum atomic E-state index is 14.8. The molecule has 0 spiro atoms. The maximum Gasteiger partial charge on any atom is 0.424 e. The van der Waals surface area contributed by atoms with Gasteiger partial charge >= 0.3 is 6.18 Å². The molecule has 0 bridgehead atoms. The number of carbonyl (C=O) groups excluding carboxylic acids is 2. The van der Waals surface area contributed by atoms with E-state index in [0.717, 1.165) is 31.0 Å². The number of nitrogens with two attached hydrogens (primary N) is 1. The second kappa shape index (κ2) is 11.4. The molecule has 238 valence electrons. The first-order valence-corrected chi connectivity index (χ1v) is 14.3. The molecular formula is C33H28F4N4O5. The molecule has 2 atom stereocenters. The van der Waals surface area contributed by atoms with Gasteiger partial charge in [-0.25, -0.2) is 9.37 Å². The first-order valence-electron chi connectivity index (χ1n) is 14.3. The summed E-state index contributed by atoms with van der Waals surface area (Å²) in [4.78, 5) is 34.2. The van der Waals surface area contributed by atoms with Gasteiger partial charge in [0.15, 0.2) is 0 Å². The molecule has 1 aliphatic heterocycles. The van der Waals surface area contributed by atoms with E-state index in [4.69, 9.17) is 15.2 Å². The van der Waals surface area contributed by atoms with Crippen LogP contribution in [0.25, 0.3) is 22.5 Å². The van der Waals surface area contributed by atoms with Gasteiger partial charge in [-0.3, -0.25) is 14.6 Å². The van der Waals surface area contributed by atoms with Gasteiger partial charge in [-0.05, 0) is 80.4 Å². The number of carbonyl (C=O) groups is 2. The molecule has 13 heteroatoms. The summed E-state index contributed by atoms with van der Waals surface area (Å²) in [5, 5.41) is 13.5. The van der Waals surface area contributed by atoms with E-state index < -0.39 is 47.1 Å². The lowest BCUT2D eigenvalue weighted by atomic mass is 9.81. The lowest BCUT2D eigenvalue weighted by Gasteiger charge is -2.31. The Kier molecular flexibility index (Phi) is 7.67. The minimum Gasteiger partial charge on any atom is -0.490 e. The average Bonchev–Trinajstić information content (AvgIpc) is 3.79.